The van der Waals surface area contributed by atoms with E-state index in [9.17, 15) is 4.79 Å². The lowest BCUT2D eigenvalue weighted by Crippen LogP contribution is -2.17. The van der Waals surface area contributed by atoms with E-state index in [1.807, 2.05) is 30.3 Å². The Morgan fingerprint density at radius 3 is 2.53 bits per heavy atom. The molecule has 3 rings (SSSR count). The molecule has 0 saturated heterocycles. The van der Waals surface area contributed by atoms with Crippen molar-refractivity contribution in [2.24, 2.45) is 5.10 Å². The topological polar surface area (TPSA) is 59.9 Å². The maximum Gasteiger partial charge on any atom is 0.271 e. The standard InChI is InChI=1S/C25H22BrClN2O3/c1-3-4-20-13-18(15-28-29-25(30)19-7-11-22(27)12-8-19)14-23(31-2)24(20)32-16-17-5-9-21(26)10-6-17/h3,5-15H,1,4,16H2,2H3,(H,29,30)/b28-15-. The van der Waals surface area contributed by atoms with Gasteiger partial charge in [-0.15, -0.1) is 6.58 Å². The summed E-state index contributed by atoms with van der Waals surface area (Å²) in [5.74, 6) is 0.898. The van der Waals surface area contributed by atoms with Gasteiger partial charge in [0.2, 0.25) is 0 Å². The molecule has 3 aromatic carbocycles. The number of benzene rings is 3. The number of rotatable bonds is 9. The van der Waals surface area contributed by atoms with Crippen LogP contribution in [0, 0.1) is 0 Å². The average molecular weight is 514 g/mol. The van der Waals surface area contributed by atoms with Crippen molar-refractivity contribution in [1.29, 1.82) is 0 Å². The molecule has 0 aliphatic carbocycles. The quantitative estimate of drug-likeness (QED) is 0.211. The summed E-state index contributed by atoms with van der Waals surface area (Å²) in [4.78, 5) is 12.2. The van der Waals surface area contributed by atoms with Crippen LogP contribution in [0.3, 0.4) is 0 Å². The zero-order chi connectivity index (χ0) is 22.9. The van der Waals surface area contributed by atoms with E-state index in [4.69, 9.17) is 21.1 Å². The van der Waals surface area contributed by atoms with Gasteiger partial charge in [0.1, 0.15) is 6.61 Å². The number of methoxy groups -OCH3 is 1. The van der Waals surface area contributed by atoms with Crippen LogP contribution in [0.1, 0.15) is 27.0 Å². The van der Waals surface area contributed by atoms with Gasteiger partial charge in [0.15, 0.2) is 11.5 Å². The molecule has 7 heteroatoms. The molecule has 0 fully saturated rings. The van der Waals surface area contributed by atoms with Crippen LogP contribution in [0.25, 0.3) is 0 Å². The van der Waals surface area contributed by atoms with Crippen LogP contribution in [0.2, 0.25) is 5.02 Å². The molecule has 1 N–H and O–H groups in total. The van der Waals surface area contributed by atoms with Crippen LogP contribution in [0.4, 0.5) is 0 Å². The van der Waals surface area contributed by atoms with E-state index in [-0.39, 0.29) is 5.91 Å². The highest BCUT2D eigenvalue weighted by Gasteiger charge is 2.13. The minimum Gasteiger partial charge on any atom is -0.493 e. The number of amides is 1. The van der Waals surface area contributed by atoms with Crippen LogP contribution in [0.15, 0.2) is 82.9 Å². The molecule has 0 spiro atoms. The fourth-order valence-corrected chi connectivity index (χ4v) is 3.34. The molecule has 0 aliphatic rings. The number of nitrogens with zero attached hydrogens (tertiary/aromatic N) is 1. The van der Waals surface area contributed by atoms with Gasteiger partial charge in [-0.25, -0.2) is 5.43 Å². The van der Waals surface area contributed by atoms with Crippen LogP contribution < -0.4 is 14.9 Å². The maximum atomic E-state index is 12.2. The molecule has 0 aromatic heterocycles. The largest absolute Gasteiger partial charge is 0.493 e. The first-order valence-corrected chi connectivity index (χ1v) is 10.9. The molecule has 0 heterocycles. The first kappa shape index (κ1) is 23.6. The summed E-state index contributed by atoms with van der Waals surface area (Å²) < 4.78 is 12.7. The number of nitrogens with one attached hydrogen (secondary N) is 1. The first-order chi connectivity index (χ1) is 15.5. The second kappa shape index (κ2) is 11.5. The lowest BCUT2D eigenvalue weighted by molar-refractivity contribution is 0.0955. The number of carbonyl (C=O) groups excluding carboxylic acids is 1. The summed E-state index contributed by atoms with van der Waals surface area (Å²) >= 11 is 9.29. The highest BCUT2D eigenvalue weighted by molar-refractivity contribution is 9.10. The summed E-state index contributed by atoms with van der Waals surface area (Å²) in [5, 5.41) is 4.63. The first-order valence-electron chi connectivity index (χ1n) is 9.78. The van der Waals surface area contributed by atoms with Gasteiger partial charge in [0, 0.05) is 20.6 Å². The Bertz CT molecular complexity index is 1110. The second-order valence-electron chi connectivity index (χ2n) is 6.83. The van der Waals surface area contributed by atoms with E-state index in [0.717, 1.165) is 21.2 Å². The SMILES string of the molecule is C=CCc1cc(/C=N\NC(=O)c2ccc(Cl)cc2)cc(OC)c1OCc1ccc(Br)cc1. The van der Waals surface area contributed by atoms with Crippen LogP contribution in [-0.4, -0.2) is 19.2 Å². The Kier molecular flexibility index (Phi) is 8.48. The molecule has 0 bridgehead atoms. The van der Waals surface area contributed by atoms with Crippen molar-refractivity contribution in [3.63, 3.8) is 0 Å². The Hall–Kier alpha value is -3.09. The Morgan fingerprint density at radius 1 is 1.16 bits per heavy atom. The van der Waals surface area contributed by atoms with Crippen molar-refractivity contribution in [1.82, 2.24) is 5.43 Å². The van der Waals surface area contributed by atoms with Gasteiger partial charge < -0.3 is 9.47 Å². The summed E-state index contributed by atoms with van der Waals surface area (Å²) in [7, 11) is 1.59. The molecular formula is C25H22BrClN2O3. The van der Waals surface area contributed by atoms with Gasteiger partial charge in [-0.2, -0.15) is 5.10 Å². The number of allylic oxidation sites excluding steroid dienone is 1. The summed E-state index contributed by atoms with van der Waals surface area (Å²) in [6.07, 6.45) is 3.94. The monoisotopic (exact) mass is 512 g/mol. The third-order valence-electron chi connectivity index (χ3n) is 4.52. The van der Waals surface area contributed by atoms with E-state index < -0.39 is 0 Å². The van der Waals surface area contributed by atoms with Gasteiger partial charge in [-0.1, -0.05) is 45.7 Å². The third kappa shape index (κ3) is 6.45. The van der Waals surface area contributed by atoms with Crippen molar-refractivity contribution in [3.8, 4) is 11.5 Å². The summed E-state index contributed by atoms with van der Waals surface area (Å²) in [5.41, 5.74) is 5.68. The second-order valence-corrected chi connectivity index (χ2v) is 8.18. The molecule has 32 heavy (non-hydrogen) atoms. The van der Waals surface area contributed by atoms with E-state index in [1.165, 1.54) is 0 Å². The van der Waals surface area contributed by atoms with Gasteiger partial charge in [0.05, 0.1) is 13.3 Å². The molecule has 164 valence electrons. The average Bonchev–Trinajstić information content (AvgIpc) is 2.79. The van der Waals surface area contributed by atoms with Crippen LogP contribution in [-0.2, 0) is 13.0 Å². The molecule has 0 radical (unpaired) electrons. The Balaban J connectivity index is 1.76. The predicted octanol–water partition coefficient (Wildman–Crippen LogP) is 6.18. The molecule has 3 aromatic rings. The van der Waals surface area contributed by atoms with E-state index in [1.54, 1.807) is 49.7 Å². The fraction of sp³-hybridized carbons (Fsp3) is 0.120. The predicted molar refractivity (Wildman–Crippen MR) is 132 cm³/mol. The molecule has 5 nitrogen and oxygen atoms in total. The lowest BCUT2D eigenvalue weighted by atomic mass is 10.1. The zero-order valence-electron chi connectivity index (χ0n) is 17.5. The molecule has 0 atom stereocenters. The van der Waals surface area contributed by atoms with Crippen molar-refractivity contribution >= 4 is 39.7 Å². The van der Waals surface area contributed by atoms with Crippen molar-refractivity contribution in [2.75, 3.05) is 7.11 Å². The smallest absolute Gasteiger partial charge is 0.271 e. The third-order valence-corrected chi connectivity index (χ3v) is 5.30. The van der Waals surface area contributed by atoms with Gasteiger partial charge in [-0.05, 0) is 66.1 Å². The van der Waals surface area contributed by atoms with Gasteiger partial charge in [0.25, 0.3) is 5.91 Å². The van der Waals surface area contributed by atoms with Crippen LogP contribution >= 0.6 is 27.5 Å². The van der Waals surface area contributed by atoms with Gasteiger partial charge in [-0.3, -0.25) is 4.79 Å². The highest BCUT2D eigenvalue weighted by atomic mass is 79.9. The number of ether oxygens (including phenoxy) is 2. The molecule has 1 amide bonds. The zero-order valence-corrected chi connectivity index (χ0v) is 19.8. The summed E-state index contributed by atoms with van der Waals surface area (Å²) in [6, 6.07) is 18.2. The van der Waals surface area contributed by atoms with Crippen LogP contribution in [0.5, 0.6) is 11.5 Å². The Labute approximate surface area is 200 Å². The molecule has 0 saturated carbocycles. The number of carbonyl (C=O) groups is 1. The van der Waals surface area contributed by atoms with Crippen molar-refractivity contribution < 1.29 is 14.3 Å². The van der Waals surface area contributed by atoms with E-state index in [2.05, 4.69) is 33.0 Å². The minimum absolute atomic E-state index is 0.328. The van der Waals surface area contributed by atoms with E-state index >= 15 is 0 Å². The normalized spacial score (nSPS) is 10.7. The minimum atomic E-state index is -0.328. The maximum absolute atomic E-state index is 12.2. The Morgan fingerprint density at radius 2 is 1.88 bits per heavy atom. The molecule has 0 aliphatic heterocycles. The summed E-state index contributed by atoms with van der Waals surface area (Å²) in [6.45, 7) is 4.23. The van der Waals surface area contributed by atoms with Gasteiger partial charge >= 0.3 is 0 Å². The lowest BCUT2D eigenvalue weighted by Gasteiger charge is -2.16. The molecular weight excluding hydrogens is 492 g/mol. The van der Waals surface area contributed by atoms with Crippen molar-refractivity contribution in [2.45, 2.75) is 13.0 Å². The highest BCUT2D eigenvalue weighted by Crippen LogP contribution is 2.34. The van der Waals surface area contributed by atoms with Crippen molar-refractivity contribution in [3.05, 3.63) is 105 Å². The number of hydrogen-bond donors (Lipinski definition) is 1. The number of hydrogen-bond acceptors (Lipinski definition) is 4. The number of halogens is 2. The number of hydrazone groups is 1. The van der Waals surface area contributed by atoms with E-state index in [0.29, 0.717) is 35.1 Å². The fourth-order valence-electron chi connectivity index (χ4n) is 2.95. The molecule has 0 unspecified atom stereocenters.